The van der Waals surface area contributed by atoms with Crippen LogP contribution in [0.2, 0.25) is 0 Å². The minimum atomic E-state index is -1.21. The molecule has 0 aromatic heterocycles. The van der Waals surface area contributed by atoms with Gasteiger partial charge in [-0.05, 0) is 91.9 Å². The fourth-order valence-electron chi connectivity index (χ4n) is 10.3. The lowest BCUT2D eigenvalue weighted by atomic mass is 9.36. The molecule has 35 heavy (non-hydrogen) atoms. The Labute approximate surface area is 211 Å². The molecule has 5 nitrogen and oxygen atoms in total. The fraction of sp³-hybridized carbons (Fsp3) is 0.900. The smallest absolute Gasteiger partial charge is 0.138 e. The van der Waals surface area contributed by atoms with Crippen LogP contribution in [-0.4, -0.2) is 51.1 Å². The molecule has 5 aliphatic rings. The third kappa shape index (κ3) is 3.30. The number of Topliss-reactive ketones (excluding diaryl/α,β-unsaturated/α-hetero) is 1. The highest BCUT2D eigenvalue weighted by Gasteiger charge is 2.70. The monoisotopic (exact) mass is 488 g/mol. The molecular weight excluding hydrogens is 440 g/mol. The van der Waals surface area contributed by atoms with E-state index in [0.717, 1.165) is 25.7 Å². The maximum Gasteiger partial charge on any atom is 0.138 e. The molecule has 10 atom stereocenters. The first-order valence-corrected chi connectivity index (χ1v) is 14.0. The number of aliphatic hydroxyl groups is 3. The van der Waals surface area contributed by atoms with E-state index < -0.39 is 23.9 Å². The van der Waals surface area contributed by atoms with Crippen molar-refractivity contribution >= 4 is 5.78 Å². The predicted octanol–water partition coefficient (Wildman–Crippen LogP) is 4.81. The number of hydrogen-bond donors (Lipinski definition) is 3. The van der Waals surface area contributed by atoms with Crippen molar-refractivity contribution in [2.45, 2.75) is 130 Å². The van der Waals surface area contributed by atoms with E-state index in [1.165, 1.54) is 11.1 Å². The summed E-state index contributed by atoms with van der Waals surface area (Å²) in [5.74, 6) is 1.07. The second-order valence-electron chi connectivity index (χ2n) is 14.8. The van der Waals surface area contributed by atoms with Crippen LogP contribution in [0.15, 0.2) is 11.1 Å². The molecule has 0 aromatic carbocycles. The first-order chi connectivity index (χ1) is 16.0. The Morgan fingerprint density at radius 1 is 1.11 bits per heavy atom. The summed E-state index contributed by atoms with van der Waals surface area (Å²) in [7, 11) is 0. The van der Waals surface area contributed by atoms with Gasteiger partial charge in [0.25, 0.3) is 0 Å². The highest BCUT2D eigenvalue weighted by atomic mass is 16.5. The van der Waals surface area contributed by atoms with Crippen LogP contribution in [-0.2, 0) is 9.53 Å². The average molecular weight is 489 g/mol. The van der Waals surface area contributed by atoms with Gasteiger partial charge < -0.3 is 20.1 Å². The molecule has 5 rings (SSSR count). The Morgan fingerprint density at radius 2 is 1.77 bits per heavy atom. The zero-order chi connectivity index (χ0) is 25.9. The number of carbonyl (C=O) groups is 1. The van der Waals surface area contributed by atoms with Crippen molar-refractivity contribution in [1.29, 1.82) is 0 Å². The molecular formula is C30H48O5. The Bertz CT molecular complexity index is 945. The molecule has 3 N–H and O–H groups in total. The van der Waals surface area contributed by atoms with Gasteiger partial charge in [0, 0.05) is 11.8 Å². The zero-order valence-electron chi connectivity index (χ0n) is 23.1. The highest BCUT2D eigenvalue weighted by Crippen LogP contribution is 2.74. The summed E-state index contributed by atoms with van der Waals surface area (Å²) in [6, 6.07) is 0. The SMILES string of the molecule is C[C@H]1C[C@H]([C@H](O)C(C)(C)O)O[C@@H]2C[C@]3(C)C(=C12)C[C@@H](O)[C@@H]1[C@]2(C)CCC(=O)C(C)(C)[C@H]2CC[C@]13C. The Balaban J connectivity index is 1.53. The molecule has 0 bridgehead atoms. The molecule has 0 spiro atoms. The number of ketones is 1. The van der Waals surface area contributed by atoms with Crippen LogP contribution in [0, 0.1) is 39.4 Å². The fourth-order valence-corrected chi connectivity index (χ4v) is 10.3. The standard InChI is InChI=1S/C30H48O5/c1-16-13-19(25(33)27(4,5)34)35-20-15-30(8)17(23(16)20)14-18(31)24-28(6)11-10-22(32)26(2,3)21(28)9-12-29(24,30)7/h16,18-21,24-25,31,33-34H,9-15H2,1-8H3/t16-,18+,19+,20+,21+,24+,25-,28+,29+,30+/m0/s1. The normalized spacial score (nSPS) is 50.2. The van der Waals surface area contributed by atoms with Crippen molar-refractivity contribution in [3.05, 3.63) is 11.1 Å². The minimum Gasteiger partial charge on any atom is -0.392 e. The number of rotatable bonds is 2. The van der Waals surface area contributed by atoms with Gasteiger partial charge in [0.15, 0.2) is 0 Å². The molecule has 0 radical (unpaired) electrons. The van der Waals surface area contributed by atoms with E-state index in [-0.39, 0.29) is 39.6 Å². The number of fused-ring (bicyclic) bond motifs is 6. The number of aliphatic hydroxyl groups excluding tert-OH is 2. The van der Waals surface area contributed by atoms with E-state index in [1.54, 1.807) is 13.8 Å². The Morgan fingerprint density at radius 3 is 2.40 bits per heavy atom. The summed E-state index contributed by atoms with van der Waals surface area (Å²) in [5.41, 5.74) is 0.954. The minimum absolute atomic E-state index is 0.0666. The van der Waals surface area contributed by atoms with Crippen LogP contribution < -0.4 is 0 Å². The van der Waals surface area contributed by atoms with E-state index in [4.69, 9.17) is 4.74 Å². The molecule has 4 aliphatic carbocycles. The molecule has 0 amide bonds. The van der Waals surface area contributed by atoms with Crippen LogP contribution in [0.5, 0.6) is 0 Å². The van der Waals surface area contributed by atoms with Crippen LogP contribution in [0.25, 0.3) is 0 Å². The zero-order valence-corrected chi connectivity index (χ0v) is 23.1. The van der Waals surface area contributed by atoms with Gasteiger partial charge in [0.05, 0.1) is 23.9 Å². The van der Waals surface area contributed by atoms with Crippen LogP contribution >= 0.6 is 0 Å². The van der Waals surface area contributed by atoms with E-state index in [9.17, 15) is 20.1 Å². The second-order valence-corrected chi connectivity index (χ2v) is 14.8. The lowest BCUT2D eigenvalue weighted by Crippen LogP contribution is -2.65. The van der Waals surface area contributed by atoms with Crippen molar-refractivity contribution in [3.8, 4) is 0 Å². The summed E-state index contributed by atoms with van der Waals surface area (Å²) < 4.78 is 6.57. The third-order valence-corrected chi connectivity index (χ3v) is 12.2. The van der Waals surface area contributed by atoms with Crippen molar-refractivity contribution in [2.24, 2.45) is 39.4 Å². The quantitative estimate of drug-likeness (QED) is 0.486. The van der Waals surface area contributed by atoms with Gasteiger partial charge in [-0.25, -0.2) is 0 Å². The van der Waals surface area contributed by atoms with Gasteiger partial charge in [-0.3, -0.25) is 4.79 Å². The second kappa shape index (κ2) is 7.65. The molecule has 5 heteroatoms. The van der Waals surface area contributed by atoms with Gasteiger partial charge >= 0.3 is 0 Å². The summed E-state index contributed by atoms with van der Waals surface area (Å²) in [5, 5.41) is 33.1. The Kier molecular flexibility index (Phi) is 5.65. The maximum absolute atomic E-state index is 12.9. The van der Waals surface area contributed by atoms with E-state index in [0.29, 0.717) is 31.0 Å². The van der Waals surface area contributed by atoms with Crippen molar-refractivity contribution in [3.63, 3.8) is 0 Å². The summed E-state index contributed by atoms with van der Waals surface area (Å²) >= 11 is 0. The lowest BCUT2D eigenvalue weighted by Gasteiger charge is -2.68. The predicted molar refractivity (Wildman–Crippen MR) is 136 cm³/mol. The van der Waals surface area contributed by atoms with Crippen LogP contribution in [0.3, 0.4) is 0 Å². The topological polar surface area (TPSA) is 87.0 Å². The van der Waals surface area contributed by atoms with Crippen molar-refractivity contribution in [1.82, 2.24) is 0 Å². The average Bonchev–Trinajstić information content (AvgIpc) is 3.03. The van der Waals surface area contributed by atoms with E-state index >= 15 is 0 Å². The molecule has 1 saturated heterocycles. The summed E-state index contributed by atoms with van der Waals surface area (Å²) in [6.07, 6.45) is 3.95. The van der Waals surface area contributed by atoms with Gasteiger partial charge in [-0.15, -0.1) is 0 Å². The molecule has 1 heterocycles. The largest absolute Gasteiger partial charge is 0.392 e. The van der Waals surface area contributed by atoms with Gasteiger partial charge in [-0.1, -0.05) is 47.1 Å². The number of hydrogen-bond acceptors (Lipinski definition) is 5. The third-order valence-electron chi connectivity index (χ3n) is 12.2. The molecule has 0 aromatic rings. The molecule has 3 saturated carbocycles. The lowest BCUT2D eigenvalue weighted by molar-refractivity contribution is -0.212. The van der Waals surface area contributed by atoms with Gasteiger partial charge in [-0.2, -0.15) is 0 Å². The van der Waals surface area contributed by atoms with Gasteiger partial charge in [0.2, 0.25) is 0 Å². The Hall–Kier alpha value is -0.750. The van der Waals surface area contributed by atoms with Crippen LogP contribution in [0.1, 0.15) is 100 Å². The summed E-state index contributed by atoms with van der Waals surface area (Å²) in [6.45, 7) is 17.0. The molecule has 1 aliphatic heterocycles. The highest BCUT2D eigenvalue weighted by molar-refractivity contribution is 5.85. The first kappa shape index (κ1) is 25.9. The van der Waals surface area contributed by atoms with E-state index in [1.807, 2.05) is 0 Å². The van der Waals surface area contributed by atoms with Gasteiger partial charge in [0.1, 0.15) is 11.9 Å². The molecule has 0 unspecified atom stereocenters. The maximum atomic E-state index is 12.9. The first-order valence-electron chi connectivity index (χ1n) is 14.0. The molecule has 198 valence electrons. The van der Waals surface area contributed by atoms with Crippen LogP contribution in [0.4, 0.5) is 0 Å². The number of ether oxygens (including phenoxy) is 1. The van der Waals surface area contributed by atoms with E-state index in [2.05, 4.69) is 41.5 Å². The number of carbonyl (C=O) groups excluding carboxylic acids is 1. The molecule has 4 fully saturated rings. The van der Waals surface area contributed by atoms with Crippen molar-refractivity contribution < 1.29 is 24.9 Å². The van der Waals surface area contributed by atoms with Crippen molar-refractivity contribution in [2.75, 3.05) is 0 Å². The summed E-state index contributed by atoms with van der Waals surface area (Å²) in [4.78, 5) is 12.9.